The quantitative estimate of drug-likeness (QED) is 0.553. The lowest BCUT2D eigenvalue weighted by Crippen LogP contribution is -2.51. The van der Waals surface area contributed by atoms with Crippen molar-refractivity contribution in [2.24, 2.45) is 46.7 Å². The van der Waals surface area contributed by atoms with Crippen LogP contribution in [0.25, 0.3) is 0 Å². The number of aliphatic hydroxyl groups excluding tert-OH is 1. The summed E-state index contributed by atoms with van der Waals surface area (Å²) < 4.78 is 6.00. The van der Waals surface area contributed by atoms with E-state index in [1.807, 2.05) is 6.92 Å². The van der Waals surface area contributed by atoms with E-state index in [1.165, 1.54) is 24.8 Å². The number of aliphatic hydroxyl groups is 1. The molecule has 6 aliphatic rings. The highest BCUT2D eigenvalue weighted by Crippen LogP contribution is 2.64. The first-order chi connectivity index (χ1) is 12.8. The van der Waals surface area contributed by atoms with E-state index in [4.69, 9.17) is 10.5 Å². The van der Waals surface area contributed by atoms with Crippen LogP contribution in [0.1, 0.15) is 64.7 Å². The topological polar surface area (TPSA) is 72.5 Å². The molecule has 4 nitrogen and oxygen atoms in total. The van der Waals surface area contributed by atoms with E-state index >= 15 is 0 Å². The molecule has 3 unspecified atom stereocenters. The largest absolute Gasteiger partial charge is 0.462 e. The molecule has 0 aromatic rings. The van der Waals surface area contributed by atoms with Crippen LogP contribution in [-0.2, 0) is 9.53 Å². The zero-order valence-corrected chi connectivity index (χ0v) is 16.7. The van der Waals surface area contributed by atoms with Gasteiger partial charge in [-0.25, -0.2) is 0 Å². The summed E-state index contributed by atoms with van der Waals surface area (Å²) in [4.78, 5) is 13.1. The number of ether oxygens (including phenoxy) is 1. The summed E-state index contributed by atoms with van der Waals surface area (Å²) in [6, 6.07) is 0. The molecule has 0 aromatic heterocycles. The molecule has 0 radical (unpaired) electrons. The van der Waals surface area contributed by atoms with Gasteiger partial charge < -0.3 is 15.6 Å². The molecule has 6 rings (SSSR count). The van der Waals surface area contributed by atoms with Gasteiger partial charge in [-0.3, -0.25) is 4.79 Å². The minimum absolute atomic E-state index is 0.0640. The molecule has 6 saturated carbocycles. The van der Waals surface area contributed by atoms with E-state index in [9.17, 15) is 9.90 Å². The molecule has 3 N–H and O–H groups in total. The van der Waals surface area contributed by atoms with Crippen molar-refractivity contribution in [2.45, 2.75) is 76.4 Å². The zero-order chi connectivity index (χ0) is 19.0. The van der Waals surface area contributed by atoms with Gasteiger partial charge in [-0.05, 0) is 93.8 Å². The van der Waals surface area contributed by atoms with Gasteiger partial charge >= 0.3 is 5.97 Å². The van der Waals surface area contributed by atoms with Crippen molar-refractivity contribution >= 4 is 5.97 Å². The van der Waals surface area contributed by atoms with E-state index in [-0.39, 0.29) is 24.1 Å². The van der Waals surface area contributed by atoms with Crippen LogP contribution in [0.5, 0.6) is 0 Å². The summed E-state index contributed by atoms with van der Waals surface area (Å²) in [5.74, 6) is 3.72. The highest BCUT2D eigenvalue weighted by atomic mass is 16.5. The van der Waals surface area contributed by atoms with Gasteiger partial charge in [0, 0.05) is 12.0 Å². The number of fused-ring (bicyclic) bond motifs is 1. The molecule has 150 valence electrons. The Hall–Kier alpha value is -0.870. The van der Waals surface area contributed by atoms with Gasteiger partial charge in [0.25, 0.3) is 0 Å². The van der Waals surface area contributed by atoms with E-state index in [2.05, 4.69) is 6.58 Å². The minimum Gasteiger partial charge on any atom is -0.462 e. The Kier molecular flexibility index (Phi) is 4.08. The van der Waals surface area contributed by atoms with Crippen molar-refractivity contribution in [1.82, 2.24) is 0 Å². The predicted octanol–water partition coefficient (Wildman–Crippen LogP) is 3.43. The Morgan fingerprint density at radius 1 is 1.22 bits per heavy atom. The molecule has 5 atom stereocenters. The number of hydrogen-bond donors (Lipinski definition) is 2. The smallest absolute Gasteiger partial charge is 0.312 e. The van der Waals surface area contributed by atoms with E-state index < -0.39 is 5.54 Å². The summed E-state index contributed by atoms with van der Waals surface area (Å²) in [6.07, 6.45) is 9.84. The maximum absolute atomic E-state index is 13.1. The first-order valence-electron chi connectivity index (χ1n) is 11.1. The van der Waals surface area contributed by atoms with Crippen LogP contribution >= 0.6 is 0 Å². The van der Waals surface area contributed by atoms with Crippen molar-refractivity contribution < 1.29 is 14.6 Å². The predicted molar refractivity (Wildman–Crippen MR) is 104 cm³/mol. The lowest BCUT2D eigenvalue weighted by Gasteiger charge is -2.55. The third kappa shape index (κ3) is 2.81. The molecule has 6 aliphatic carbocycles. The highest BCUT2D eigenvalue weighted by molar-refractivity contribution is 5.77. The van der Waals surface area contributed by atoms with Crippen LogP contribution in [0.4, 0.5) is 0 Å². The van der Waals surface area contributed by atoms with E-state index in [0.717, 1.165) is 56.3 Å². The molecule has 0 spiro atoms. The van der Waals surface area contributed by atoms with Gasteiger partial charge in [0.2, 0.25) is 0 Å². The van der Waals surface area contributed by atoms with Crippen LogP contribution in [0.15, 0.2) is 12.2 Å². The Labute approximate surface area is 162 Å². The first kappa shape index (κ1) is 18.2. The average Bonchev–Trinajstić information content (AvgIpc) is 3.25. The molecule has 6 fully saturated rings. The van der Waals surface area contributed by atoms with Gasteiger partial charge in [0.05, 0.1) is 12.0 Å². The van der Waals surface area contributed by atoms with Crippen molar-refractivity contribution in [2.75, 3.05) is 6.61 Å². The van der Waals surface area contributed by atoms with Gasteiger partial charge in [-0.1, -0.05) is 12.2 Å². The fourth-order valence-electron chi connectivity index (χ4n) is 8.08. The molecule has 4 heteroatoms. The normalized spacial score (nSPS) is 50.3. The van der Waals surface area contributed by atoms with Crippen LogP contribution in [0.2, 0.25) is 0 Å². The average molecular weight is 374 g/mol. The zero-order valence-electron chi connectivity index (χ0n) is 16.7. The molecule has 0 heterocycles. The highest BCUT2D eigenvalue weighted by Gasteiger charge is 2.64. The summed E-state index contributed by atoms with van der Waals surface area (Å²) in [5, 5.41) is 9.65. The molecule has 0 saturated heterocycles. The van der Waals surface area contributed by atoms with Gasteiger partial charge in [0.1, 0.15) is 6.10 Å². The van der Waals surface area contributed by atoms with Crippen LogP contribution in [0, 0.1) is 40.9 Å². The van der Waals surface area contributed by atoms with Crippen LogP contribution < -0.4 is 5.73 Å². The Morgan fingerprint density at radius 2 is 1.81 bits per heavy atom. The maximum atomic E-state index is 13.1. The van der Waals surface area contributed by atoms with E-state index in [1.54, 1.807) is 0 Å². The lowest BCUT2D eigenvalue weighted by atomic mass is 9.49. The SMILES string of the molecule is C=C(CC(C)OC(=O)C12CC3CC(CC(C3)C1)C2)[C@H]1C2CC[C@@](N)(CO)C21. The standard InChI is InChI=1S/C23H35NO3/c1-13(19-18-3-4-23(24,12-25)20(18)19)5-14(2)27-21(26)22-9-15-6-16(10-22)8-17(7-15)11-22/h14-20,25H,1,3-12,24H2,2H3/t14?,15?,16?,17?,18?,19-,20?,22?,23+/m0/s1. The molecule has 0 aromatic carbocycles. The summed E-state index contributed by atoms with van der Waals surface area (Å²) in [6.45, 7) is 6.39. The Morgan fingerprint density at radius 3 is 2.37 bits per heavy atom. The fourth-order valence-corrected chi connectivity index (χ4v) is 8.08. The Balaban J connectivity index is 1.18. The van der Waals surface area contributed by atoms with Gasteiger partial charge in [0.15, 0.2) is 0 Å². The van der Waals surface area contributed by atoms with E-state index in [0.29, 0.717) is 17.8 Å². The van der Waals surface area contributed by atoms with Crippen molar-refractivity contribution in [1.29, 1.82) is 0 Å². The molecule has 4 bridgehead atoms. The number of carbonyl (C=O) groups is 1. The van der Waals surface area contributed by atoms with Crippen molar-refractivity contribution in [3.05, 3.63) is 12.2 Å². The van der Waals surface area contributed by atoms with Gasteiger partial charge in [-0.15, -0.1) is 0 Å². The third-order valence-corrected chi connectivity index (χ3v) is 8.87. The van der Waals surface area contributed by atoms with Crippen molar-refractivity contribution in [3.8, 4) is 0 Å². The second-order valence-corrected chi connectivity index (χ2v) is 10.9. The lowest BCUT2D eigenvalue weighted by molar-refractivity contribution is -0.176. The number of carbonyl (C=O) groups excluding carboxylic acids is 1. The second-order valence-electron chi connectivity index (χ2n) is 10.9. The Bertz CT molecular complexity index is 623. The molecular formula is C23H35NO3. The van der Waals surface area contributed by atoms with Gasteiger partial charge in [-0.2, -0.15) is 0 Å². The van der Waals surface area contributed by atoms with Crippen LogP contribution in [-0.4, -0.2) is 29.3 Å². The summed E-state index contributed by atoms with van der Waals surface area (Å²) in [5.41, 5.74) is 6.95. The fraction of sp³-hybridized carbons (Fsp3) is 0.870. The molecule has 0 aliphatic heterocycles. The third-order valence-electron chi connectivity index (χ3n) is 8.87. The second kappa shape index (κ2) is 6.06. The number of hydrogen-bond acceptors (Lipinski definition) is 4. The summed E-state index contributed by atoms with van der Waals surface area (Å²) >= 11 is 0. The minimum atomic E-state index is -0.419. The monoisotopic (exact) mass is 373 g/mol. The molecule has 27 heavy (non-hydrogen) atoms. The number of nitrogens with two attached hydrogens (primary N) is 1. The number of esters is 1. The first-order valence-corrected chi connectivity index (χ1v) is 11.1. The maximum Gasteiger partial charge on any atom is 0.312 e. The van der Waals surface area contributed by atoms with Crippen LogP contribution in [0.3, 0.4) is 0 Å². The molecular weight excluding hydrogens is 338 g/mol. The summed E-state index contributed by atoms with van der Waals surface area (Å²) in [7, 11) is 0. The molecule has 0 amide bonds. The van der Waals surface area contributed by atoms with Crippen molar-refractivity contribution in [3.63, 3.8) is 0 Å². The number of rotatable bonds is 6.